The van der Waals surface area contributed by atoms with Crippen molar-refractivity contribution in [3.8, 4) is 0 Å². The Hall–Kier alpha value is -1.68. The molecular formula is C15H18O4. The van der Waals surface area contributed by atoms with E-state index in [1.165, 1.54) is 12.7 Å². The monoisotopic (exact) mass is 262 g/mol. The highest BCUT2D eigenvalue weighted by molar-refractivity contribution is 6.09. The molecule has 0 aliphatic carbocycles. The Labute approximate surface area is 112 Å². The second-order valence-corrected chi connectivity index (χ2v) is 4.72. The molecule has 1 saturated heterocycles. The van der Waals surface area contributed by atoms with Crippen LogP contribution in [0.25, 0.3) is 0 Å². The molecule has 4 nitrogen and oxygen atoms in total. The number of methoxy groups -OCH3 is 1. The molecule has 4 heteroatoms. The van der Waals surface area contributed by atoms with Gasteiger partial charge in [-0.15, -0.1) is 0 Å². The van der Waals surface area contributed by atoms with Gasteiger partial charge in [-0.3, -0.25) is 4.79 Å². The molecule has 1 aliphatic rings. The predicted molar refractivity (Wildman–Crippen MR) is 69.7 cm³/mol. The summed E-state index contributed by atoms with van der Waals surface area (Å²) < 4.78 is 9.59. The first-order valence-electron chi connectivity index (χ1n) is 6.48. The molecular weight excluding hydrogens is 244 g/mol. The molecule has 0 spiro atoms. The van der Waals surface area contributed by atoms with Gasteiger partial charge in [0.05, 0.1) is 13.7 Å². The standard InChI is InChI=1S/C15H18O4/c1-18-14(17)15(11-19-15)13(16)10-6-5-9-12-7-3-2-4-8-12/h2-4,7-8H,5-6,9-11H2,1H3. The first-order chi connectivity index (χ1) is 9.19. The average Bonchev–Trinajstić information content (AvgIpc) is 3.25. The third-order valence-electron chi connectivity index (χ3n) is 3.36. The van der Waals surface area contributed by atoms with E-state index < -0.39 is 11.6 Å². The number of ketones is 1. The lowest BCUT2D eigenvalue weighted by Crippen LogP contribution is -2.35. The van der Waals surface area contributed by atoms with Crippen LogP contribution in [0, 0.1) is 0 Å². The lowest BCUT2D eigenvalue weighted by molar-refractivity contribution is -0.151. The van der Waals surface area contributed by atoms with Gasteiger partial charge in [0.25, 0.3) is 0 Å². The molecule has 0 radical (unpaired) electrons. The first kappa shape index (κ1) is 13.7. The summed E-state index contributed by atoms with van der Waals surface area (Å²) >= 11 is 0. The van der Waals surface area contributed by atoms with Crippen LogP contribution in [0.2, 0.25) is 0 Å². The topological polar surface area (TPSA) is 55.9 Å². The summed E-state index contributed by atoms with van der Waals surface area (Å²) in [5, 5.41) is 0. The van der Waals surface area contributed by atoms with Crippen LogP contribution in [-0.2, 0) is 25.5 Å². The van der Waals surface area contributed by atoms with Crippen molar-refractivity contribution in [2.45, 2.75) is 31.3 Å². The van der Waals surface area contributed by atoms with Crippen LogP contribution in [-0.4, -0.2) is 31.1 Å². The van der Waals surface area contributed by atoms with Crippen molar-refractivity contribution in [2.24, 2.45) is 0 Å². The molecule has 102 valence electrons. The Morgan fingerprint density at radius 2 is 1.95 bits per heavy atom. The number of hydrogen-bond donors (Lipinski definition) is 0. The van der Waals surface area contributed by atoms with Gasteiger partial charge in [0.2, 0.25) is 5.60 Å². The second-order valence-electron chi connectivity index (χ2n) is 4.72. The van der Waals surface area contributed by atoms with Crippen molar-refractivity contribution in [2.75, 3.05) is 13.7 Å². The minimum atomic E-state index is -1.28. The van der Waals surface area contributed by atoms with Crippen LogP contribution in [0.5, 0.6) is 0 Å². The molecule has 0 amide bonds. The fraction of sp³-hybridized carbons (Fsp3) is 0.467. The quantitative estimate of drug-likeness (QED) is 0.326. The van der Waals surface area contributed by atoms with Crippen molar-refractivity contribution >= 4 is 11.8 Å². The van der Waals surface area contributed by atoms with Crippen LogP contribution in [0.15, 0.2) is 30.3 Å². The van der Waals surface area contributed by atoms with Gasteiger partial charge < -0.3 is 9.47 Å². The summed E-state index contributed by atoms with van der Waals surface area (Å²) in [6.45, 7) is 0.164. The number of carbonyl (C=O) groups excluding carboxylic acids is 2. The molecule has 2 rings (SSSR count). The van der Waals surface area contributed by atoms with Gasteiger partial charge in [0, 0.05) is 6.42 Å². The van der Waals surface area contributed by atoms with Gasteiger partial charge >= 0.3 is 5.97 Å². The van der Waals surface area contributed by atoms with Crippen LogP contribution >= 0.6 is 0 Å². The van der Waals surface area contributed by atoms with E-state index in [1.54, 1.807) is 0 Å². The molecule has 0 N–H and O–H groups in total. The lowest BCUT2D eigenvalue weighted by atomic mass is 9.99. The normalized spacial score (nSPS) is 20.9. The maximum atomic E-state index is 11.9. The molecule has 1 fully saturated rings. The maximum Gasteiger partial charge on any atom is 0.348 e. The van der Waals surface area contributed by atoms with Crippen molar-refractivity contribution in [1.82, 2.24) is 0 Å². The molecule has 0 saturated carbocycles. The number of epoxide rings is 1. The van der Waals surface area contributed by atoms with Gasteiger partial charge in [-0.1, -0.05) is 30.3 Å². The Morgan fingerprint density at radius 3 is 2.53 bits per heavy atom. The van der Waals surface area contributed by atoms with Crippen LogP contribution in [0.1, 0.15) is 24.8 Å². The van der Waals surface area contributed by atoms with Gasteiger partial charge in [-0.05, 0) is 24.8 Å². The fourth-order valence-electron chi connectivity index (χ4n) is 2.09. The summed E-state index contributed by atoms with van der Waals surface area (Å²) in [4.78, 5) is 23.3. The number of esters is 1. The zero-order valence-corrected chi connectivity index (χ0v) is 11.1. The third-order valence-corrected chi connectivity index (χ3v) is 3.36. The zero-order valence-electron chi connectivity index (χ0n) is 11.1. The molecule has 0 bridgehead atoms. The van der Waals surface area contributed by atoms with E-state index in [1.807, 2.05) is 18.2 Å². The highest BCUT2D eigenvalue weighted by Crippen LogP contribution is 2.31. The summed E-state index contributed by atoms with van der Waals surface area (Å²) in [6, 6.07) is 10.1. The first-order valence-corrected chi connectivity index (χ1v) is 6.48. The van der Waals surface area contributed by atoms with Crippen molar-refractivity contribution in [3.05, 3.63) is 35.9 Å². The number of aryl methyl sites for hydroxylation is 1. The summed E-state index contributed by atoms with van der Waals surface area (Å²) in [5.74, 6) is -0.729. The van der Waals surface area contributed by atoms with Gasteiger partial charge in [-0.2, -0.15) is 0 Å². The molecule has 1 aliphatic heterocycles. The highest BCUT2D eigenvalue weighted by Gasteiger charge is 2.59. The minimum Gasteiger partial charge on any atom is -0.466 e. The maximum absolute atomic E-state index is 11.9. The van der Waals surface area contributed by atoms with E-state index in [9.17, 15) is 9.59 Å². The van der Waals surface area contributed by atoms with Gasteiger partial charge in [0.1, 0.15) is 0 Å². The second kappa shape index (κ2) is 5.97. The Bertz CT molecular complexity index is 448. The van der Waals surface area contributed by atoms with E-state index >= 15 is 0 Å². The van der Waals surface area contributed by atoms with Crippen molar-refractivity contribution in [3.63, 3.8) is 0 Å². The Kier molecular flexibility index (Phi) is 4.32. The van der Waals surface area contributed by atoms with E-state index in [4.69, 9.17) is 4.74 Å². The fourth-order valence-corrected chi connectivity index (χ4v) is 2.09. The van der Waals surface area contributed by atoms with Crippen molar-refractivity contribution in [1.29, 1.82) is 0 Å². The summed E-state index contributed by atoms with van der Waals surface area (Å²) in [5.41, 5.74) is -0.0121. The van der Waals surface area contributed by atoms with Gasteiger partial charge in [0.15, 0.2) is 5.78 Å². The summed E-state index contributed by atoms with van der Waals surface area (Å²) in [6.07, 6.45) is 2.99. The third kappa shape index (κ3) is 3.20. The number of unbranched alkanes of at least 4 members (excludes halogenated alkanes) is 1. The predicted octanol–water partition coefficient (Wildman–Crippen LogP) is 1.91. The molecule has 0 aromatic heterocycles. The molecule has 1 aromatic rings. The molecule has 1 atom stereocenters. The van der Waals surface area contributed by atoms with E-state index in [0.717, 1.165) is 19.3 Å². The summed E-state index contributed by atoms with van der Waals surface area (Å²) in [7, 11) is 1.27. The largest absolute Gasteiger partial charge is 0.466 e. The van der Waals surface area contributed by atoms with Crippen LogP contribution < -0.4 is 0 Å². The SMILES string of the molecule is COC(=O)C1(C(=O)CCCCc2ccccc2)CO1. The Balaban J connectivity index is 1.72. The smallest absolute Gasteiger partial charge is 0.348 e. The molecule has 1 heterocycles. The minimum absolute atomic E-state index is 0.160. The van der Waals surface area contributed by atoms with Crippen LogP contribution in [0.4, 0.5) is 0 Å². The van der Waals surface area contributed by atoms with Gasteiger partial charge in [-0.25, -0.2) is 4.79 Å². The van der Waals surface area contributed by atoms with Crippen molar-refractivity contribution < 1.29 is 19.1 Å². The zero-order chi connectivity index (χ0) is 13.7. The molecule has 1 unspecified atom stereocenters. The van der Waals surface area contributed by atoms with E-state index in [0.29, 0.717) is 6.42 Å². The highest BCUT2D eigenvalue weighted by atomic mass is 16.6. The number of carbonyl (C=O) groups is 2. The number of rotatable bonds is 7. The lowest BCUT2D eigenvalue weighted by Gasteiger charge is -2.08. The van der Waals surface area contributed by atoms with E-state index in [2.05, 4.69) is 16.9 Å². The number of ether oxygens (including phenoxy) is 2. The molecule has 1 aromatic carbocycles. The Morgan fingerprint density at radius 1 is 1.26 bits per heavy atom. The van der Waals surface area contributed by atoms with Crippen LogP contribution in [0.3, 0.4) is 0 Å². The van der Waals surface area contributed by atoms with E-state index in [-0.39, 0.29) is 12.4 Å². The number of benzene rings is 1. The average molecular weight is 262 g/mol. The number of hydrogen-bond acceptors (Lipinski definition) is 4. The molecule has 19 heavy (non-hydrogen) atoms. The number of Topliss-reactive ketones (excluding diaryl/α,β-unsaturated/α-hetero) is 1.